The predicted molar refractivity (Wildman–Crippen MR) is 79.4 cm³/mol. The van der Waals surface area contributed by atoms with E-state index in [1.807, 2.05) is 25.8 Å². The Morgan fingerprint density at radius 2 is 1.95 bits per heavy atom. The van der Waals surface area contributed by atoms with E-state index in [0.717, 1.165) is 6.54 Å². The van der Waals surface area contributed by atoms with Crippen molar-refractivity contribution in [2.24, 2.45) is 5.92 Å². The first-order chi connectivity index (χ1) is 9.77. The molecule has 1 fully saturated rings. The molecule has 1 aromatic carbocycles. The van der Waals surface area contributed by atoms with Crippen molar-refractivity contribution < 1.29 is 13.2 Å². The SMILES string of the molecule is CC(C)NCc1ccc(N(C)CC2CC2)cc1C(F)(F)F. The van der Waals surface area contributed by atoms with Crippen LogP contribution < -0.4 is 10.2 Å². The zero-order valence-electron chi connectivity index (χ0n) is 12.8. The molecule has 0 aromatic heterocycles. The third-order valence-corrected chi connectivity index (χ3v) is 3.77. The summed E-state index contributed by atoms with van der Waals surface area (Å²) in [6.45, 7) is 4.91. The molecule has 2 rings (SSSR count). The maximum absolute atomic E-state index is 13.2. The summed E-state index contributed by atoms with van der Waals surface area (Å²) in [6, 6.07) is 4.81. The highest BCUT2D eigenvalue weighted by atomic mass is 19.4. The third kappa shape index (κ3) is 4.63. The lowest BCUT2D eigenvalue weighted by atomic mass is 10.0. The molecule has 0 aliphatic heterocycles. The van der Waals surface area contributed by atoms with E-state index in [0.29, 0.717) is 17.2 Å². The maximum Gasteiger partial charge on any atom is 0.416 e. The number of nitrogens with zero attached hydrogens (tertiary/aromatic N) is 1. The van der Waals surface area contributed by atoms with E-state index in [-0.39, 0.29) is 12.6 Å². The smallest absolute Gasteiger partial charge is 0.374 e. The van der Waals surface area contributed by atoms with Gasteiger partial charge in [-0.15, -0.1) is 0 Å². The Hall–Kier alpha value is -1.23. The van der Waals surface area contributed by atoms with Crippen molar-refractivity contribution in [3.05, 3.63) is 29.3 Å². The highest BCUT2D eigenvalue weighted by molar-refractivity contribution is 5.51. The quantitative estimate of drug-likeness (QED) is 0.852. The van der Waals surface area contributed by atoms with Gasteiger partial charge in [0.2, 0.25) is 0 Å². The molecule has 1 saturated carbocycles. The summed E-state index contributed by atoms with van der Waals surface area (Å²) in [6.07, 6.45) is -1.94. The van der Waals surface area contributed by atoms with E-state index in [1.165, 1.54) is 18.9 Å². The third-order valence-electron chi connectivity index (χ3n) is 3.77. The van der Waals surface area contributed by atoms with Crippen molar-refractivity contribution in [3.63, 3.8) is 0 Å². The van der Waals surface area contributed by atoms with Gasteiger partial charge in [-0.3, -0.25) is 0 Å². The van der Waals surface area contributed by atoms with Gasteiger partial charge in [0.1, 0.15) is 0 Å². The number of rotatable bonds is 6. The minimum atomic E-state index is -4.32. The summed E-state index contributed by atoms with van der Waals surface area (Å²) in [5, 5.41) is 3.05. The molecule has 21 heavy (non-hydrogen) atoms. The Balaban J connectivity index is 2.21. The first-order valence-electron chi connectivity index (χ1n) is 7.42. The van der Waals surface area contributed by atoms with Crippen LogP contribution in [0.4, 0.5) is 18.9 Å². The van der Waals surface area contributed by atoms with Crippen LogP contribution in [0.15, 0.2) is 18.2 Å². The molecule has 5 heteroatoms. The molecule has 0 saturated heterocycles. The molecule has 0 bridgehead atoms. The maximum atomic E-state index is 13.2. The number of benzene rings is 1. The molecule has 0 atom stereocenters. The molecule has 118 valence electrons. The second kappa shape index (κ2) is 6.26. The number of halogens is 3. The van der Waals surface area contributed by atoms with Crippen LogP contribution in [0.2, 0.25) is 0 Å². The lowest BCUT2D eigenvalue weighted by Crippen LogP contribution is -2.25. The highest BCUT2D eigenvalue weighted by Crippen LogP contribution is 2.36. The summed E-state index contributed by atoms with van der Waals surface area (Å²) in [5.74, 6) is 0.645. The van der Waals surface area contributed by atoms with Gasteiger partial charge in [-0.25, -0.2) is 0 Å². The zero-order chi connectivity index (χ0) is 15.6. The van der Waals surface area contributed by atoms with E-state index in [1.54, 1.807) is 12.1 Å². The minimum absolute atomic E-state index is 0.156. The number of hydrogen-bond donors (Lipinski definition) is 1. The monoisotopic (exact) mass is 300 g/mol. The second-order valence-corrected chi connectivity index (χ2v) is 6.20. The van der Waals surface area contributed by atoms with Crippen LogP contribution in [0.25, 0.3) is 0 Å². The van der Waals surface area contributed by atoms with Crippen LogP contribution in [-0.4, -0.2) is 19.6 Å². The van der Waals surface area contributed by atoms with Crippen molar-refractivity contribution in [2.45, 2.75) is 45.5 Å². The van der Waals surface area contributed by atoms with Crippen molar-refractivity contribution in [3.8, 4) is 0 Å². The highest BCUT2D eigenvalue weighted by Gasteiger charge is 2.34. The molecule has 1 aliphatic carbocycles. The van der Waals surface area contributed by atoms with E-state index < -0.39 is 11.7 Å². The van der Waals surface area contributed by atoms with Gasteiger partial charge < -0.3 is 10.2 Å². The summed E-state index contributed by atoms with van der Waals surface area (Å²) < 4.78 is 39.7. The lowest BCUT2D eigenvalue weighted by molar-refractivity contribution is -0.138. The van der Waals surface area contributed by atoms with Crippen LogP contribution >= 0.6 is 0 Å². The van der Waals surface area contributed by atoms with Crippen molar-refractivity contribution in [2.75, 3.05) is 18.5 Å². The van der Waals surface area contributed by atoms with Gasteiger partial charge in [0.25, 0.3) is 0 Å². The minimum Gasteiger partial charge on any atom is -0.374 e. The molecule has 0 heterocycles. The van der Waals surface area contributed by atoms with E-state index in [9.17, 15) is 13.2 Å². The van der Waals surface area contributed by atoms with Gasteiger partial charge in [0.15, 0.2) is 0 Å². The van der Waals surface area contributed by atoms with Gasteiger partial charge in [0.05, 0.1) is 5.56 Å². The molecule has 0 unspecified atom stereocenters. The first kappa shape index (κ1) is 16.1. The molecule has 0 spiro atoms. The van der Waals surface area contributed by atoms with Gasteiger partial charge in [-0.05, 0) is 36.5 Å². The van der Waals surface area contributed by atoms with Gasteiger partial charge >= 0.3 is 6.18 Å². The van der Waals surface area contributed by atoms with E-state index in [2.05, 4.69) is 5.32 Å². The molecule has 0 amide bonds. The molecule has 1 N–H and O–H groups in total. The summed E-state index contributed by atoms with van der Waals surface area (Å²) in [7, 11) is 1.86. The number of anilines is 1. The van der Waals surface area contributed by atoms with E-state index in [4.69, 9.17) is 0 Å². The molecule has 1 aliphatic rings. The van der Waals surface area contributed by atoms with Gasteiger partial charge in [-0.1, -0.05) is 19.9 Å². The molecular weight excluding hydrogens is 277 g/mol. The molecular formula is C16H23F3N2. The first-order valence-corrected chi connectivity index (χ1v) is 7.42. The number of alkyl halides is 3. The fourth-order valence-corrected chi connectivity index (χ4v) is 2.33. The van der Waals surface area contributed by atoms with Crippen molar-refractivity contribution >= 4 is 5.69 Å². The van der Waals surface area contributed by atoms with Crippen LogP contribution in [0, 0.1) is 5.92 Å². The fourth-order valence-electron chi connectivity index (χ4n) is 2.33. The standard InChI is InChI=1S/C16H23F3N2/c1-11(2)20-9-13-6-7-14(8-15(13)16(17,18)19)21(3)10-12-4-5-12/h6-8,11-12,20H,4-5,9-10H2,1-3H3. The summed E-state index contributed by atoms with van der Waals surface area (Å²) in [5.41, 5.74) is 0.415. The molecule has 2 nitrogen and oxygen atoms in total. The predicted octanol–water partition coefficient (Wildman–Crippen LogP) is 4.05. The topological polar surface area (TPSA) is 15.3 Å². The van der Waals surface area contributed by atoms with Crippen LogP contribution in [0.5, 0.6) is 0 Å². The summed E-state index contributed by atoms with van der Waals surface area (Å²) in [4.78, 5) is 1.92. The average molecular weight is 300 g/mol. The zero-order valence-corrected chi connectivity index (χ0v) is 12.8. The largest absolute Gasteiger partial charge is 0.416 e. The van der Waals surface area contributed by atoms with Crippen LogP contribution in [0.3, 0.4) is 0 Å². The van der Waals surface area contributed by atoms with Crippen molar-refractivity contribution in [1.82, 2.24) is 5.32 Å². The normalized spacial score (nSPS) is 15.6. The Morgan fingerprint density at radius 3 is 2.48 bits per heavy atom. The van der Waals surface area contributed by atoms with Gasteiger partial charge in [-0.2, -0.15) is 13.2 Å². The molecule has 1 aromatic rings. The number of hydrogen-bond acceptors (Lipinski definition) is 2. The van der Waals surface area contributed by atoms with Crippen LogP contribution in [-0.2, 0) is 12.7 Å². The Kier molecular flexibility index (Phi) is 4.81. The Morgan fingerprint density at radius 1 is 1.29 bits per heavy atom. The van der Waals surface area contributed by atoms with Gasteiger partial charge in [0, 0.05) is 31.9 Å². The number of nitrogens with one attached hydrogen (secondary N) is 1. The van der Waals surface area contributed by atoms with E-state index >= 15 is 0 Å². The lowest BCUT2D eigenvalue weighted by Gasteiger charge is -2.22. The van der Waals surface area contributed by atoms with Crippen LogP contribution in [0.1, 0.15) is 37.8 Å². The average Bonchev–Trinajstić information content (AvgIpc) is 3.18. The summed E-state index contributed by atoms with van der Waals surface area (Å²) >= 11 is 0. The molecule has 0 radical (unpaired) electrons. The Labute approximate surface area is 124 Å². The second-order valence-electron chi connectivity index (χ2n) is 6.20. The Bertz CT molecular complexity index is 479. The fraction of sp³-hybridized carbons (Fsp3) is 0.625. The van der Waals surface area contributed by atoms with Crippen molar-refractivity contribution in [1.29, 1.82) is 0 Å².